The summed E-state index contributed by atoms with van der Waals surface area (Å²) < 4.78 is 17.2. The van der Waals surface area contributed by atoms with Gasteiger partial charge in [0.15, 0.2) is 5.76 Å². The van der Waals surface area contributed by atoms with Gasteiger partial charge in [0.25, 0.3) is 5.69 Å². The Morgan fingerprint density at radius 3 is 2.62 bits per heavy atom. The molecule has 0 fully saturated rings. The van der Waals surface area contributed by atoms with Gasteiger partial charge in [0.05, 0.1) is 21.9 Å². The zero-order valence-electron chi connectivity index (χ0n) is 17.7. The van der Waals surface area contributed by atoms with E-state index in [4.69, 9.17) is 13.9 Å². The summed E-state index contributed by atoms with van der Waals surface area (Å²) in [5, 5.41) is 11.2. The fourth-order valence-corrected chi connectivity index (χ4v) is 3.80. The fourth-order valence-electron chi connectivity index (χ4n) is 3.26. The molecule has 4 rings (SSSR count). The number of hydrogen-bond donors (Lipinski definition) is 0. The molecular formula is C25H16BrNO7. The normalized spacial score (nSPS) is 11.0. The van der Waals surface area contributed by atoms with Crippen molar-refractivity contribution in [3.05, 3.63) is 103 Å². The molecule has 0 radical (unpaired) electrons. The van der Waals surface area contributed by atoms with Crippen molar-refractivity contribution in [1.82, 2.24) is 0 Å². The van der Waals surface area contributed by atoms with Crippen molar-refractivity contribution in [2.24, 2.45) is 0 Å². The van der Waals surface area contributed by atoms with Crippen LogP contribution in [-0.2, 0) is 4.79 Å². The molecule has 8 nitrogen and oxygen atoms in total. The monoisotopic (exact) mass is 521 g/mol. The molecule has 0 saturated carbocycles. The molecule has 1 heterocycles. The minimum Gasteiger partial charge on any atom is -0.496 e. The maximum absolute atomic E-state index is 13.2. The van der Waals surface area contributed by atoms with Crippen molar-refractivity contribution in [1.29, 1.82) is 0 Å². The first-order valence-corrected chi connectivity index (χ1v) is 10.7. The van der Waals surface area contributed by atoms with Crippen molar-refractivity contribution >= 4 is 44.6 Å². The number of para-hydroxylation sites is 1. The van der Waals surface area contributed by atoms with Gasteiger partial charge in [-0.3, -0.25) is 14.9 Å². The van der Waals surface area contributed by atoms with Crippen LogP contribution in [0.2, 0.25) is 0 Å². The van der Waals surface area contributed by atoms with E-state index in [0.717, 1.165) is 6.08 Å². The van der Waals surface area contributed by atoms with Crippen molar-refractivity contribution < 1.29 is 23.6 Å². The van der Waals surface area contributed by atoms with Gasteiger partial charge in [0.2, 0.25) is 11.2 Å². The summed E-state index contributed by atoms with van der Waals surface area (Å²) in [6.45, 7) is 0. The number of benzene rings is 3. The van der Waals surface area contributed by atoms with Gasteiger partial charge in [-0.15, -0.1) is 0 Å². The number of halogens is 1. The van der Waals surface area contributed by atoms with Crippen LogP contribution in [0, 0.1) is 10.1 Å². The molecule has 9 heteroatoms. The molecule has 0 aliphatic rings. The highest BCUT2D eigenvalue weighted by molar-refractivity contribution is 9.10. The third kappa shape index (κ3) is 4.74. The molecule has 1 aromatic heterocycles. The van der Waals surface area contributed by atoms with Crippen LogP contribution in [0.3, 0.4) is 0 Å². The fraction of sp³-hybridized carbons (Fsp3) is 0.0400. The third-order valence-electron chi connectivity index (χ3n) is 4.87. The Morgan fingerprint density at radius 1 is 1.09 bits per heavy atom. The third-order valence-corrected chi connectivity index (χ3v) is 5.49. The summed E-state index contributed by atoms with van der Waals surface area (Å²) >= 11 is 3.40. The maximum atomic E-state index is 13.2. The van der Waals surface area contributed by atoms with Crippen LogP contribution in [0.15, 0.2) is 86.5 Å². The van der Waals surface area contributed by atoms with E-state index in [2.05, 4.69) is 15.9 Å². The average molecular weight is 522 g/mol. The van der Waals surface area contributed by atoms with E-state index in [9.17, 15) is 19.7 Å². The number of hydrogen-bond acceptors (Lipinski definition) is 7. The second kappa shape index (κ2) is 9.72. The van der Waals surface area contributed by atoms with Gasteiger partial charge in [-0.1, -0.05) is 24.3 Å². The molecular weight excluding hydrogens is 506 g/mol. The topological polar surface area (TPSA) is 109 Å². The van der Waals surface area contributed by atoms with Crippen LogP contribution >= 0.6 is 15.9 Å². The first-order chi connectivity index (χ1) is 16.4. The number of nitro benzene ring substituents is 1. The quantitative estimate of drug-likeness (QED) is 0.137. The van der Waals surface area contributed by atoms with E-state index in [0.29, 0.717) is 26.9 Å². The first kappa shape index (κ1) is 22.9. The lowest BCUT2D eigenvalue weighted by atomic mass is 10.1. The number of nitrogens with zero attached hydrogens (tertiary/aromatic N) is 1. The molecule has 0 N–H and O–H groups in total. The van der Waals surface area contributed by atoms with Gasteiger partial charge in [0, 0.05) is 23.8 Å². The van der Waals surface area contributed by atoms with Gasteiger partial charge in [-0.05, 0) is 57.9 Å². The van der Waals surface area contributed by atoms with Crippen molar-refractivity contribution in [2.45, 2.75) is 0 Å². The predicted molar refractivity (Wildman–Crippen MR) is 130 cm³/mol. The minimum atomic E-state index is -0.845. The highest BCUT2D eigenvalue weighted by atomic mass is 79.9. The highest BCUT2D eigenvalue weighted by Crippen LogP contribution is 2.35. The second-order valence-corrected chi connectivity index (χ2v) is 7.90. The molecule has 0 saturated heterocycles. The summed E-state index contributed by atoms with van der Waals surface area (Å²) in [4.78, 5) is 36.2. The van der Waals surface area contributed by atoms with Gasteiger partial charge in [-0.2, -0.15) is 0 Å². The average Bonchev–Trinajstić information content (AvgIpc) is 2.84. The van der Waals surface area contributed by atoms with E-state index < -0.39 is 16.3 Å². The first-order valence-electron chi connectivity index (χ1n) is 9.91. The second-order valence-electron chi connectivity index (χ2n) is 7.04. The number of esters is 1. The summed E-state index contributed by atoms with van der Waals surface area (Å²) in [6.07, 6.45) is 2.45. The van der Waals surface area contributed by atoms with Crippen LogP contribution in [0.5, 0.6) is 11.5 Å². The molecule has 170 valence electrons. The molecule has 0 spiro atoms. The minimum absolute atomic E-state index is 0.0733. The number of non-ortho nitro benzene ring substituents is 1. The Balaban J connectivity index is 1.74. The van der Waals surface area contributed by atoms with E-state index in [-0.39, 0.29) is 22.6 Å². The number of methoxy groups -OCH3 is 1. The Bertz CT molecular complexity index is 1510. The van der Waals surface area contributed by atoms with Gasteiger partial charge in [-0.25, -0.2) is 4.79 Å². The van der Waals surface area contributed by atoms with E-state index >= 15 is 0 Å². The van der Waals surface area contributed by atoms with Crippen LogP contribution < -0.4 is 14.9 Å². The van der Waals surface area contributed by atoms with Gasteiger partial charge in [0.1, 0.15) is 11.3 Å². The molecule has 34 heavy (non-hydrogen) atoms. The number of nitro groups is 1. The zero-order chi connectivity index (χ0) is 24.2. The predicted octanol–water partition coefficient (Wildman–Crippen LogP) is 5.76. The van der Waals surface area contributed by atoms with E-state index in [1.54, 1.807) is 48.5 Å². The lowest BCUT2D eigenvalue weighted by Gasteiger charge is -2.11. The smallest absolute Gasteiger partial charge is 0.336 e. The van der Waals surface area contributed by atoms with Crippen LogP contribution in [0.4, 0.5) is 5.69 Å². The molecule has 0 bridgehead atoms. The Hall–Kier alpha value is -4.24. The number of fused-ring (bicyclic) bond motifs is 1. The summed E-state index contributed by atoms with van der Waals surface area (Å²) in [6, 6.07) is 17.4. The molecule has 0 unspecified atom stereocenters. The van der Waals surface area contributed by atoms with Gasteiger partial charge >= 0.3 is 5.97 Å². The standard InChI is InChI=1S/C25H16BrNO7/c1-32-21-11-10-16(14-19(21)26)24-25(23(29)18-7-2-3-8-20(18)33-24)34-22(28)12-9-15-5-4-6-17(13-15)27(30)31/h2-14H,1H3/b12-9+. The highest BCUT2D eigenvalue weighted by Gasteiger charge is 2.20. The van der Waals surface area contributed by atoms with Crippen LogP contribution in [0.1, 0.15) is 5.56 Å². The molecule has 0 aliphatic carbocycles. The molecule has 0 aliphatic heterocycles. The number of ether oxygens (including phenoxy) is 2. The largest absolute Gasteiger partial charge is 0.496 e. The molecule has 0 amide bonds. The Labute approximate surface area is 201 Å². The molecule has 4 aromatic rings. The summed E-state index contributed by atoms with van der Waals surface area (Å²) in [5.41, 5.74) is 0.623. The number of carbonyl (C=O) groups excluding carboxylic acids is 1. The van der Waals surface area contributed by atoms with Crippen LogP contribution in [-0.4, -0.2) is 18.0 Å². The van der Waals surface area contributed by atoms with Crippen molar-refractivity contribution in [3.8, 4) is 22.8 Å². The van der Waals surface area contributed by atoms with Crippen LogP contribution in [0.25, 0.3) is 28.4 Å². The summed E-state index contributed by atoms with van der Waals surface area (Å²) in [7, 11) is 1.52. The van der Waals surface area contributed by atoms with E-state index in [1.165, 1.54) is 31.4 Å². The van der Waals surface area contributed by atoms with Crippen molar-refractivity contribution in [2.75, 3.05) is 7.11 Å². The molecule has 3 aromatic carbocycles. The lowest BCUT2D eigenvalue weighted by Crippen LogP contribution is -2.14. The van der Waals surface area contributed by atoms with Crippen molar-refractivity contribution in [3.63, 3.8) is 0 Å². The number of rotatable bonds is 6. The summed E-state index contributed by atoms with van der Waals surface area (Å²) in [5.74, 6) is -0.471. The Morgan fingerprint density at radius 2 is 1.88 bits per heavy atom. The lowest BCUT2D eigenvalue weighted by molar-refractivity contribution is -0.384. The van der Waals surface area contributed by atoms with E-state index in [1.807, 2.05) is 0 Å². The molecule has 0 atom stereocenters. The van der Waals surface area contributed by atoms with Gasteiger partial charge < -0.3 is 13.9 Å². The zero-order valence-corrected chi connectivity index (χ0v) is 19.3. The maximum Gasteiger partial charge on any atom is 0.336 e. The SMILES string of the molecule is COc1ccc(-c2oc3ccccc3c(=O)c2OC(=O)/C=C/c2cccc([N+](=O)[O-])c2)cc1Br. The Kier molecular flexibility index (Phi) is 6.55. The number of carbonyl (C=O) groups is 1.